The number of nitrogens with zero attached hydrogens (tertiary/aromatic N) is 1. The lowest BCUT2D eigenvalue weighted by Crippen LogP contribution is -2.48. The summed E-state index contributed by atoms with van der Waals surface area (Å²) in [4.78, 5) is 25.3. The van der Waals surface area contributed by atoms with Crippen molar-refractivity contribution in [2.24, 2.45) is 0 Å². The Morgan fingerprint density at radius 2 is 2.15 bits per heavy atom. The Morgan fingerprint density at radius 1 is 1.40 bits per heavy atom. The van der Waals surface area contributed by atoms with E-state index in [1.54, 1.807) is 18.2 Å². The Balaban J connectivity index is 2.32. The molecular weight excluding hydrogens is 326 g/mol. The summed E-state index contributed by atoms with van der Waals surface area (Å²) in [6.07, 6.45) is 2.16. The molecule has 108 valence electrons. The summed E-state index contributed by atoms with van der Waals surface area (Å²) in [5.41, 5.74) is 0.392. The van der Waals surface area contributed by atoms with Gasteiger partial charge >= 0.3 is 5.97 Å². The number of likely N-dealkylation sites (tertiary alicyclic amines) is 1. The van der Waals surface area contributed by atoms with Crippen molar-refractivity contribution in [1.29, 1.82) is 0 Å². The van der Waals surface area contributed by atoms with Crippen LogP contribution in [-0.4, -0.2) is 41.6 Å². The number of hydrogen-bond acceptors (Lipinski definition) is 3. The minimum Gasteiger partial charge on any atom is -0.496 e. The second-order valence-electron chi connectivity index (χ2n) is 4.69. The van der Waals surface area contributed by atoms with Crippen LogP contribution >= 0.6 is 15.9 Å². The van der Waals surface area contributed by atoms with E-state index in [0.717, 1.165) is 17.3 Å². The number of piperidine rings is 1. The Kier molecular flexibility index (Phi) is 4.65. The number of rotatable bonds is 3. The van der Waals surface area contributed by atoms with Gasteiger partial charge < -0.3 is 14.7 Å². The zero-order chi connectivity index (χ0) is 14.7. The third-order valence-corrected chi connectivity index (χ3v) is 3.94. The number of methoxy groups -OCH3 is 1. The molecule has 1 aromatic carbocycles. The minimum absolute atomic E-state index is 0.290. The van der Waals surface area contributed by atoms with Crippen LogP contribution in [0.15, 0.2) is 22.7 Å². The normalized spacial score (nSPS) is 18.7. The predicted octanol–water partition coefficient (Wildman–Crippen LogP) is 2.54. The molecule has 1 fully saturated rings. The summed E-state index contributed by atoms with van der Waals surface area (Å²) in [6.45, 7) is 0.467. The third kappa shape index (κ3) is 2.95. The second kappa shape index (κ2) is 6.26. The number of halogens is 1. The summed E-state index contributed by atoms with van der Waals surface area (Å²) in [7, 11) is 1.49. The molecule has 6 heteroatoms. The number of carbonyl (C=O) groups excluding carboxylic acids is 1. The van der Waals surface area contributed by atoms with E-state index in [-0.39, 0.29) is 5.91 Å². The maximum atomic E-state index is 12.6. The highest BCUT2D eigenvalue weighted by atomic mass is 79.9. The number of amides is 1. The van der Waals surface area contributed by atoms with Crippen LogP contribution in [0.5, 0.6) is 5.75 Å². The number of aliphatic carboxylic acids is 1. The van der Waals surface area contributed by atoms with Crippen LogP contribution in [0, 0.1) is 0 Å². The van der Waals surface area contributed by atoms with Crippen molar-refractivity contribution >= 4 is 27.8 Å². The van der Waals surface area contributed by atoms with Gasteiger partial charge in [0, 0.05) is 11.0 Å². The number of carboxylic acids is 1. The molecule has 1 amide bonds. The van der Waals surface area contributed by atoms with Gasteiger partial charge in [-0.2, -0.15) is 0 Å². The van der Waals surface area contributed by atoms with Gasteiger partial charge in [-0.1, -0.05) is 15.9 Å². The molecule has 1 heterocycles. The molecule has 0 unspecified atom stereocenters. The maximum absolute atomic E-state index is 12.6. The molecule has 1 N–H and O–H groups in total. The van der Waals surface area contributed by atoms with Crippen molar-refractivity contribution in [2.75, 3.05) is 13.7 Å². The van der Waals surface area contributed by atoms with E-state index < -0.39 is 12.0 Å². The van der Waals surface area contributed by atoms with Crippen molar-refractivity contribution in [1.82, 2.24) is 4.90 Å². The Bertz CT molecular complexity index is 532. The highest BCUT2D eigenvalue weighted by molar-refractivity contribution is 9.10. The lowest BCUT2D eigenvalue weighted by Gasteiger charge is -2.33. The fraction of sp³-hybridized carbons (Fsp3) is 0.429. The molecule has 0 spiro atoms. The molecule has 0 aliphatic carbocycles. The zero-order valence-electron chi connectivity index (χ0n) is 11.1. The highest BCUT2D eigenvalue weighted by Gasteiger charge is 2.33. The van der Waals surface area contributed by atoms with Crippen LogP contribution in [0.25, 0.3) is 0 Å². The molecule has 2 rings (SSSR count). The number of hydrogen-bond donors (Lipinski definition) is 1. The number of benzene rings is 1. The van der Waals surface area contributed by atoms with E-state index in [9.17, 15) is 14.7 Å². The van der Waals surface area contributed by atoms with Gasteiger partial charge in [0.15, 0.2) is 0 Å². The van der Waals surface area contributed by atoms with Crippen LogP contribution in [0.4, 0.5) is 0 Å². The fourth-order valence-corrected chi connectivity index (χ4v) is 2.77. The first-order valence-electron chi connectivity index (χ1n) is 6.42. The molecule has 0 radical (unpaired) electrons. The summed E-state index contributed by atoms with van der Waals surface area (Å²) in [5, 5.41) is 9.24. The zero-order valence-corrected chi connectivity index (χ0v) is 12.7. The SMILES string of the molecule is COc1cc(Br)ccc1C(=O)N1CCCC[C@H]1C(=O)O. The summed E-state index contributed by atoms with van der Waals surface area (Å²) in [6, 6.07) is 4.35. The second-order valence-corrected chi connectivity index (χ2v) is 5.61. The first-order chi connectivity index (χ1) is 9.54. The van der Waals surface area contributed by atoms with Crippen molar-refractivity contribution < 1.29 is 19.4 Å². The van der Waals surface area contributed by atoms with E-state index in [4.69, 9.17) is 4.74 Å². The topological polar surface area (TPSA) is 66.8 Å². The Hall–Kier alpha value is -1.56. The minimum atomic E-state index is -0.950. The molecule has 5 nitrogen and oxygen atoms in total. The molecule has 1 aromatic rings. The van der Waals surface area contributed by atoms with Crippen LogP contribution < -0.4 is 4.74 Å². The summed E-state index contributed by atoms with van der Waals surface area (Å²) < 4.78 is 6.01. The van der Waals surface area contributed by atoms with Crippen LogP contribution in [0.2, 0.25) is 0 Å². The van der Waals surface area contributed by atoms with Crippen molar-refractivity contribution in [2.45, 2.75) is 25.3 Å². The van der Waals surface area contributed by atoms with E-state index >= 15 is 0 Å². The molecule has 1 saturated heterocycles. The van der Waals surface area contributed by atoms with Crippen LogP contribution in [0.1, 0.15) is 29.6 Å². The van der Waals surface area contributed by atoms with Crippen LogP contribution in [-0.2, 0) is 4.79 Å². The van der Waals surface area contributed by atoms with Gasteiger partial charge in [-0.05, 0) is 37.5 Å². The lowest BCUT2D eigenvalue weighted by atomic mass is 10.0. The predicted molar refractivity (Wildman–Crippen MR) is 77.0 cm³/mol. The van der Waals surface area contributed by atoms with E-state index in [1.807, 2.05) is 0 Å². The number of carboxylic acid groups (broad SMARTS) is 1. The molecule has 0 aromatic heterocycles. The van der Waals surface area contributed by atoms with E-state index in [1.165, 1.54) is 12.0 Å². The third-order valence-electron chi connectivity index (χ3n) is 3.44. The maximum Gasteiger partial charge on any atom is 0.326 e. The highest BCUT2D eigenvalue weighted by Crippen LogP contribution is 2.27. The smallest absolute Gasteiger partial charge is 0.326 e. The molecule has 20 heavy (non-hydrogen) atoms. The monoisotopic (exact) mass is 341 g/mol. The molecular formula is C14H16BrNO4. The summed E-state index contributed by atoms with van der Waals surface area (Å²) >= 11 is 3.32. The number of carbonyl (C=O) groups is 2. The molecule has 0 saturated carbocycles. The molecule has 1 aliphatic heterocycles. The van der Waals surface area contributed by atoms with Crippen molar-refractivity contribution in [3.05, 3.63) is 28.2 Å². The van der Waals surface area contributed by atoms with Gasteiger partial charge in [-0.25, -0.2) is 4.79 Å². The average molecular weight is 342 g/mol. The Labute approximate surface area is 125 Å². The van der Waals surface area contributed by atoms with Gasteiger partial charge in [0.2, 0.25) is 0 Å². The largest absolute Gasteiger partial charge is 0.496 e. The lowest BCUT2D eigenvalue weighted by molar-refractivity contribution is -0.143. The van der Waals surface area contributed by atoms with Crippen molar-refractivity contribution in [3.63, 3.8) is 0 Å². The van der Waals surface area contributed by atoms with Gasteiger partial charge in [0.1, 0.15) is 11.8 Å². The molecule has 1 atom stereocenters. The molecule has 1 aliphatic rings. The van der Waals surface area contributed by atoms with Gasteiger partial charge in [0.05, 0.1) is 12.7 Å². The van der Waals surface area contributed by atoms with Crippen molar-refractivity contribution in [3.8, 4) is 5.75 Å². The van der Waals surface area contributed by atoms with E-state index in [0.29, 0.717) is 24.3 Å². The van der Waals surface area contributed by atoms with Gasteiger partial charge in [0.25, 0.3) is 5.91 Å². The average Bonchev–Trinajstić information content (AvgIpc) is 2.46. The van der Waals surface area contributed by atoms with Crippen LogP contribution in [0.3, 0.4) is 0 Å². The summed E-state index contributed by atoms with van der Waals surface area (Å²) in [5.74, 6) is -0.797. The number of ether oxygens (including phenoxy) is 1. The Morgan fingerprint density at radius 3 is 2.80 bits per heavy atom. The quantitative estimate of drug-likeness (QED) is 0.917. The van der Waals surface area contributed by atoms with Gasteiger partial charge in [-0.15, -0.1) is 0 Å². The first-order valence-corrected chi connectivity index (χ1v) is 7.21. The standard InChI is InChI=1S/C14H16BrNO4/c1-20-12-8-9(15)5-6-10(12)13(17)16-7-3-2-4-11(16)14(18)19/h5-6,8,11H,2-4,7H2,1H3,(H,18,19)/t11-/m0/s1. The molecule has 0 bridgehead atoms. The first kappa shape index (κ1) is 14.8. The van der Waals surface area contributed by atoms with E-state index in [2.05, 4.69) is 15.9 Å². The fourth-order valence-electron chi connectivity index (χ4n) is 2.43. The van der Waals surface area contributed by atoms with Gasteiger partial charge in [-0.3, -0.25) is 4.79 Å².